The normalized spacial score (nSPS) is 19.3. The Morgan fingerprint density at radius 3 is 2.19 bits per heavy atom. The van der Waals surface area contributed by atoms with Crippen LogP contribution >= 0.6 is 0 Å². The van der Waals surface area contributed by atoms with Gasteiger partial charge in [0.25, 0.3) is 0 Å². The van der Waals surface area contributed by atoms with Crippen molar-refractivity contribution in [2.45, 2.75) is 32.3 Å². The summed E-state index contributed by atoms with van der Waals surface area (Å²) in [7, 11) is 0. The van der Waals surface area contributed by atoms with Crippen LogP contribution in [-0.2, 0) is 10.3 Å². The zero-order valence-electron chi connectivity index (χ0n) is 16.2. The smallest absolute Gasteiger partial charge is 0.0999 e. The second-order valence-electron chi connectivity index (χ2n) is 7.72. The topological polar surface area (TPSA) is 32.7 Å². The molecule has 1 fully saturated rings. The summed E-state index contributed by atoms with van der Waals surface area (Å²) in [4.78, 5) is 2.42. The monoisotopic (exact) mass is 353 g/mol. The molecule has 0 bridgehead atoms. The minimum atomic E-state index is -0.923. The maximum atomic E-state index is 12.0. The van der Waals surface area contributed by atoms with Crippen molar-refractivity contribution >= 4 is 0 Å². The molecular formula is C23H31NO2. The Labute approximate surface area is 157 Å². The highest BCUT2D eigenvalue weighted by Crippen LogP contribution is 2.43. The van der Waals surface area contributed by atoms with Gasteiger partial charge in [0.15, 0.2) is 0 Å². The first-order valence-corrected chi connectivity index (χ1v) is 9.66. The molecule has 1 aliphatic heterocycles. The number of nitrogens with zero attached hydrogens (tertiary/aromatic N) is 1. The lowest BCUT2D eigenvalue weighted by molar-refractivity contribution is -0.0547. The Morgan fingerprint density at radius 2 is 1.62 bits per heavy atom. The minimum Gasteiger partial charge on any atom is -0.384 e. The predicted molar refractivity (Wildman–Crippen MR) is 106 cm³/mol. The van der Waals surface area contributed by atoms with E-state index in [1.807, 2.05) is 6.07 Å². The Bertz CT molecular complexity index is 677. The Morgan fingerprint density at radius 1 is 1.00 bits per heavy atom. The second-order valence-corrected chi connectivity index (χ2v) is 7.72. The highest BCUT2D eigenvalue weighted by molar-refractivity contribution is 5.34. The number of ether oxygens (including phenoxy) is 1. The molecular weight excluding hydrogens is 322 g/mol. The maximum Gasteiger partial charge on any atom is 0.0999 e. The first-order valence-electron chi connectivity index (χ1n) is 9.66. The third-order valence-corrected chi connectivity index (χ3v) is 5.67. The summed E-state index contributed by atoms with van der Waals surface area (Å²) >= 11 is 0. The summed E-state index contributed by atoms with van der Waals surface area (Å²) in [5.41, 5.74) is 2.48. The standard InChI is InChI=1S/C23H31NO2/c1-18(2)23(25,21-11-9-19(3)10-12-21)22(20-7-5-4-6-8-20)17-24-13-15-26-16-14-24/h4-12,18,22,25H,13-17H2,1-3H3/t22-,23+/m0/s1. The van der Waals surface area contributed by atoms with Crippen molar-refractivity contribution in [2.75, 3.05) is 32.8 Å². The summed E-state index contributed by atoms with van der Waals surface area (Å²) in [6.07, 6.45) is 0. The van der Waals surface area contributed by atoms with Crippen molar-refractivity contribution in [1.29, 1.82) is 0 Å². The molecule has 2 aromatic rings. The van der Waals surface area contributed by atoms with Gasteiger partial charge in [0.2, 0.25) is 0 Å². The van der Waals surface area contributed by atoms with E-state index in [0.717, 1.165) is 38.4 Å². The zero-order valence-corrected chi connectivity index (χ0v) is 16.2. The van der Waals surface area contributed by atoms with Gasteiger partial charge < -0.3 is 9.84 Å². The van der Waals surface area contributed by atoms with Crippen molar-refractivity contribution in [1.82, 2.24) is 4.90 Å². The molecule has 1 heterocycles. The summed E-state index contributed by atoms with van der Waals surface area (Å²) in [6.45, 7) is 10.5. The van der Waals surface area contributed by atoms with Crippen LogP contribution in [0.4, 0.5) is 0 Å². The van der Waals surface area contributed by atoms with Gasteiger partial charge in [-0.2, -0.15) is 0 Å². The molecule has 3 nitrogen and oxygen atoms in total. The molecule has 0 saturated carbocycles. The van der Waals surface area contributed by atoms with Crippen molar-refractivity contribution in [3.8, 4) is 0 Å². The second kappa shape index (κ2) is 8.34. The number of hydrogen-bond donors (Lipinski definition) is 1. The van der Waals surface area contributed by atoms with Gasteiger partial charge in [-0.3, -0.25) is 4.90 Å². The van der Waals surface area contributed by atoms with E-state index in [1.54, 1.807) is 0 Å². The van der Waals surface area contributed by atoms with Crippen LogP contribution in [-0.4, -0.2) is 42.9 Å². The molecule has 0 spiro atoms. The zero-order chi connectivity index (χ0) is 18.6. The summed E-state index contributed by atoms with van der Waals surface area (Å²) in [6, 6.07) is 18.8. The van der Waals surface area contributed by atoms with E-state index in [9.17, 15) is 5.11 Å². The van der Waals surface area contributed by atoms with Crippen LogP contribution in [0.5, 0.6) is 0 Å². The highest BCUT2D eigenvalue weighted by atomic mass is 16.5. The van der Waals surface area contributed by atoms with Crippen LogP contribution in [0, 0.1) is 12.8 Å². The van der Waals surface area contributed by atoms with Crippen LogP contribution in [0.15, 0.2) is 54.6 Å². The molecule has 0 aliphatic carbocycles. The molecule has 3 heteroatoms. The largest absolute Gasteiger partial charge is 0.384 e. The first-order chi connectivity index (χ1) is 12.5. The van der Waals surface area contributed by atoms with Crippen LogP contribution in [0.2, 0.25) is 0 Å². The number of morpholine rings is 1. The SMILES string of the molecule is Cc1ccc([C@](O)(C(C)C)[C@@H](CN2CCOCC2)c2ccccc2)cc1. The summed E-state index contributed by atoms with van der Waals surface area (Å²) in [5, 5.41) is 12.0. The molecule has 140 valence electrons. The van der Waals surface area contributed by atoms with Gasteiger partial charge in [-0.1, -0.05) is 74.0 Å². The van der Waals surface area contributed by atoms with E-state index in [4.69, 9.17) is 4.74 Å². The molecule has 1 N–H and O–H groups in total. The van der Waals surface area contributed by atoms with Crippen molar-refractivity contribution < 1.29 is 9.84 Å². The lowest BCUT2D eigenvalue weighted by Gasteiger charge is -2.43. The lowest BCUT2D eigenvalue weighted by atomic mass is 9.70. The van der Waals surface area contributed by atoms with Gasteiger partial charge in [0.05, 0.1) is 18.8 Å². The molecule has 26 heavy (non-hydrogen) atoms. The van der Waals surface area contributed by atoms with E-state index in [2.05, 4.69) is 74.2 Å². The maximum absolute atomic E-state index is 12.0. The number of aryl methyl sites for hydroxylation is 1. The molecule has 2 atom stereocenters. The summed E-state index contributed by atoms with van der Waals surface area (Å²) in [5.74, 6) is 0.0981. The highest BCUT2D eigenvalue weighted by Gasteiger charge is 2.43. The van der Waals surface area contributed by atoms with Crippen LogP contribution in [0.3, 0.4) is 0 Å². The van der Waals surface area contributed by atoms with Gasteiger partial charge in [0, 0.05) is 25.6 Å². The van der Waals surface area contributed by atoms with Crippen molar-refractivity contribution in [3.05, 3.63) is 71.3 Å². The fraction of sp³-hybridized carbons (Fsp3) is 0.478. The lowest BCUT2D eigenvalue weighted by Crippen LogP contribution is -2.47. The summed E-state index contributed by atoms with van der Waals surface area (Å²) < 4.78 is 5.51. The molecule has 3 rings (SSSR count). The third-order valence-electron chi connectivity index (χ3n) is 5.67. The number of rotatable bonds is 6. The fourth-order valence-electron chi connectivity index (χ4n) is 3.98. The fourth-order valence-corrected chi connectivity index (χ4v) is 3.98. The van der Waals surface area contributed by atoms with Crippen molar-refractivity contribution in [2.24, 2.45) is 5.92 Å². The Kier molecular flexibility index (Phi) is 6.13. The molecule has 0 unspecified atom stereocenters. The minimum absolute atomic E-state index is 0.00417. The van der Waals surface area contributed by atoms with Gasteiger partial charge in [-0.15, -0.1) is 0 Å². The van der Waals surface area contributed by atoms with E-state index in [1.165, 1.54) is 11.1 Å². The number of aliphatic hydroxyl groups is 1. The van der Waals surface area contributed by atoms with E-state index in [0.29, 0.717) is 0 Å². The Balaban J connectivity index is 2.02. The van der Waals surface area contributed by atoms with Crippen molar-refractivity contribution in [3.63, 3.8) is 0 Å². The van der Waals surface area contributed by atoms with Crippen LogP contribution < -0.4 is 0 Å². The number of benzene rings is 2. The molecule has 1 saturated heterocycles. The van der Waals surface area contributed by atoms with Gasteiger partial charge >= 0.3 is 0 Å². The first kappa shape index (κ1) is 19.1. The van der Waals surface area contributed by atoms with Crippen LogP contribution in [0.25, 0.3) is 0 Å². The average Bonchev–Trinajstić information content (AvgIpc) is 2.67. The van der Waals surface area contributed by atoms with Gasteiger partial charge in [0.1, 0.15) is 0 Å². The predicted octanol–water partition coefficient (Wildman–Crippen LogP) is 3.95. The third kappa shape index (κ3) is 4.01. The molecule has 2 aromatic carbocycles. The number of hydrogen-bond acceptors (Lipinski definition) is 3. The van der Waals surface area contributed by atoms with Crippen LogP contribution in [0.1, 0.15) is 36.5 Å². The van der Waals surface area contributed by atoms with Gasteiger partial charge in [-0.25, -0.2) is 0 Å². The Hall–Kier alpha value is -1.68. The van der Waals surface area contributed by atoms with E-state index >= 15 is 0 Å². The molecule has 0 amide bonds. The van der Waals surface area contributed by atoms with E-state index in [-0.39, 0.29) is 11.8 Å². The molecule has 0 aromatic heterocycles. The van der Waals surface area contributed by atoms with E-state index < -0.39 is 5.60 Å². The average molecular weight is 354 g/mol. The molecule has 0 radical (unpaired) electrons. The molecule has 1 aliphatic rings. The van der Waals surface area contributed by atoms with Gasteiger partial charge in [-0.05, 0) is 24.0 Å². The quantitative estimate of drug-likeness (QED) is 0.853.